The van der Waals surface area contributed by atoms with Crippen molar-refractivity contribution in [1.82, 2.24) is 0 Å². The molecule has 1 aromatic rings. The molecule has 2 rings (SSSR count). The molecule has 0 spiro atoms. The molecular formula is C9H11N3O2S. The predicted molar refractivity (Wildman–Crippen MR) is 59.4 cm³/mol. The van der Waals surface area contributed by atoms with Gasteiger partial charge in [0.2, 0.25) is 10.0 Å². The maximum absolute atomic E-state index is 11.7. The van der Waals surface area contributed by atoms with Gasteiger partial charge in [0.25, 0.3) is 0 Å². The van der Waals surface area contributed by atoms with Crippen molar-refractivity contribution in [3.63, 3.8) is 0 Å². The molecule has 1 aromatic carbocycles. The highest BCUT2D eigenvalue weighted by Gasteiger charge is 2.30. The van der Waals surface area contributed by atoms with E-state index < -0.39 is 10.0 Å². The molecule has 0 bridgehead atoms. The number of fused-ring (bicyclic) bond motifs is 1. The minimum absolute atomic E-state index is 0.142. The molecule has 80 valence electrons. The number of benzene rings is 1. The molecule has 0 saturated carbocycles. The average Bonchev–Trinajstić information content (AvgIpc) is 2.24. The predicted octanol–water partition coefficient (Wildman–Crippen LogP) is 0.129. The highest BCUT2D eigenvalue weighted by Crippen LogP contribution is 2.27. The lowest BCUT2D eigenvalue weighted by atomic mass is 10.1. The second-order valence-electron chi connectivity index (χ2n) is 3.32. The number of rotatable bonds is 0. The molecule has 0 fully saturated rings. The van der Waals surface area contributed by atoms with Gasteiger partial charge in [0.1, 0.15) is 5.75 Å². The van der Waals surface area contributed by atoms with Crippen molar-refractivity contribution in [2.45, 2.75) is 0 Å². The second kappa shape index (κ2) is 3.23. The normalized spacial score (nSPS) is 21.4. The molecule has 2 N–H and O–H groups in total. The maximum atomic E-state index is 11.7. The van der Waals surface area contributed by atoms with Crippen molar-refractivity contribution in [3.05, 3.63) is 29.8 Å². The lowest BCUT2D eigenvalue weighted by molar-refractivity contribution is 0.597. The van der Waals surface area contributed by atoms with E-state index in [2.05, 4.69) is 5.10 Å². The monoisotopic (exact) mass is 225 g/mol. The summed E-state index contributed by atoms with van der Waals surface area (Å²) >= 11 is 0. The number of sulfonamides is 1. The Bertz CT molecular complexity index is 522. The summed E-state index contributed by atoms with van der Waals surface area (Å²) in [6.07, 6.45) is 0. The number of nitrogens with two attached hydrogens (primary N) is 1. The van der Waals surface area contributed by atoms with Crippen molar-refractivity contribution in [3.8, 4) is 0 Å². The Morgan fingerprint density at radius 1 is 1.40 bits per heavy atom. The fourth-order valence-corrected chi connectivity index (χ4v) is 2.82. The van der Waals surface area contributed by atoms with Crippen molar-refractivity contribution in [2.75, 3.05) is 17.1 Å². The van der Waals surface area contributed by atoms with Crippen LogP contribution in [-0.4, -0.2) is 26.9 Å². The van der Waals surface area contributed by atoms with E-state index in [1.54, 1.807) is 12.1 Å². The zero-order valence-corrected chi connectivity index (χ0v) is 9.03. The summed E-state index contributed by atoms with van der Waals surface area (Å²) in [5.41, 5.74) is 1.80. The standard InChI is InChI=1S/C9H11N3O2S/c1-12-9-5-3-2-4-7(9)8(11-10)6-15(12,13)14/h2-5H,6,10H2,1H3/b11-8+. The lowest BCUT2D eigenvalue weighted by Gasteiger charge is -2.27. The molecule has 0 saturated heterocycles. The summed E-state index contributed by atoms with van der Waals surface area (Å²) in [6, 6.07) is 7.16. The van der Waals surface area contributed by atoms with Crippen molar-refractivity contribution in [1.29, 1.82) is 0 Å². The van der Waals surface area contributed by atoms with Crippen LogP contribution in [0.3, 0.4) is 0 Å². The van der Waals surface area contributed by atoms with Gasteiger partial charge in [-0.25, -0.2) is 8.42 Å². The zero-order valence-electron chi connectivity index (χ0n) is 8.21. The van der Waals surface area contributed by atoms with Crippen LogP contribution in [0, 0.1) is 0 Å². The third kappa shape index (κ3) is 1.46. The number of para-hydroxylation sites is 1. The van der Waals surface area contributed by atoms with Gasteiger partial charge >= 0.3 is 0 Å². The third-order valence-electron chi connectivity index (χ3n) is 2.45. The molecule has 0 aromatic heterocycles. The number of hydrogen-bond donors (Lipinski definition) is 1. The molecule has 1 aliphatic heterocycles. The second-order valence-corrected chi connectivity index (χ2v) is 5.32. The third-order valence-corrected chi connectivity index (χ3v) is 4.12. The summed E-state index contributed by atoms with van der Waals surface area (Å²) in [5, 5.41) is 3.53. The molecular weight excluding hydrogens is 214 g/mol. The average molecular weight is 225 g/mol. The molecule has 5 nitrogen and oxygen atoms in total. The van der Waals surface area contributed by atoms with E-state index in [4.69, 9.17) is 5.84 Å². The molecule has 0 radical (unpaired) electrons. The Morgan fingerprint density at radius 3 is 2.73 bits per heavy atom. The molecule has 1 aliphatic rings. The van der Waals surface area contributed by atoms with Crippen LogP contribution in [0.25, 0.3) is 0 Å². The summed E-state index contributed by atoms with van der Waals surface area (Å²) in [4.78, 5) is 0. The Labute approximate surface area is 88.2 Å². The van der Waals surface area contributed by atoms with Gasteiger partial charge in [-0.2, -0.15) is 5.10 Å². The first-order valence-corrected chi connectivity index (χ1v) is 6.00. The molecule has 1 heterocycles. The van der Waals surface area contributed by atoms with Crippen LogP contribution in [-0.2, 0) is 10.0 Å². The summed E-state index contributed by atoms with van der Waals surface area (Å²) in [7, 11) is -1.78. The molecule has 0 atom stereocenters. The Hall–Kier alpha value is -1.56. The first-order valence-electron chi connectivity index (χ1n) is 4.39. The Kier molecular flexibility index (Phi) is 2.15. The van der Waals surface area contributed by atoms with Gasteiger partial charge in [0.15, 0.2) is 0 Å². The van der Waals surface area contributed by atoms with Crippen molar-refractivity contribution in [2.24, 2.45) is 10.9 Å². The van der Waals surface area contributed by atoms with Gasteiger partial charge < -0.3 is 5.84 Å². The van der Waals surface area contributed by atoms with Gasteiger partial charge in [-0.3, -0.25) is 4.31 Å². The largest absolute Gasteiger partial charge is 0.323 e. The molecule has 15 heavy (non-hydrogen) atoms. The molecule has 0 aliphatic carbocycles. The van der Waals surface area contributed by atoms with Crippen LogP contribution >= 0.6 is 0 Å². The smallest absolute Gasteiger partial charge is 0.240 e. The number of hydrogen-bond acceptors (Lipinski definition) is 4. The fourth-order valence-electron chi connectivity index (χ4n) is 1.60. The van der Waals surface area contributed by atoms with Crippen molar-refractivity contribution < 1.29 is 8.42 Å². The molecule has 0 amide bonds. The minimum atomic E-state index is -3.31. The van der Waals surface area contributed by atoms with E-state index >= 15 is 0 Å². The van der Waals surface area contributed by atoms with Gasteiger partial charge in [0, 0.05) is 12.6 Å². The van der Waals surface area contributed by atoms with Crippen LogP contribution in [0.4, 0.5) is 5.69 Å². The SMILES string of the molecule is CN1c2ccccc2/C(=N/N)CS1(=O)=O. The van der Waals surface area contributed by atoms with Gasteiger partial charge in [0.05, 0.1) is 11.4 Å². The highest BCUT2D eigenvalue weighted by atomic mass is 32.2. The van der Waals surface area contributed by atoms with Crippen LogP contribution in [0.15, 0.2) is 29.4 Å². The van der Waals surface area contributed by atoms with Crippen LogP contribution in [0.2, 0.25) is 0 Å². The number of hydrazone groups is 1. The number of nitrogens with zero attached hydrogens (tertiary/aromatic N) is 2. The van der Waals surface area contributed by atoms with Gasteiger partial charge in [-0.05, 0) is 6.07 Å². The van der Waals surface area contributed by atoms with Crippen LogP contribution in [0.1, 0.15) is 5.56 Å². The van der Waals surface area contributed by atoms with Crippen LogP contribution in [0.5, 0.6) is 0 Å². The summed E-state index contributed by atoms with van der Waals surface area (Å²) in [5.74, 6) is 5.05. The van der Waals surface area contributed by atoms with Gasteiger partial charge in [-0.1, -0.05) is 18.2 Å². The quantitative estimate of drug-likeness (QED) is 0.503. The fraction of sp³-hybridized carbons (Fsp3) is 0.222. The van der Waals surface area contributed by atoms with Crippen molar-refractivity contribution >= 4 is 21.4 Å². The Balaban J connectivity index is 2.71. The van der Waals surface area contributed by atoms with E-state index in [0.717, 1.165) is 5.56 Å². The number of anilines is 1. The van der Waals surface area contributed by atoms with E-state index in [1.807, 2.05) is 12.1 Å². The zero-order chi connectivity index (χ0) is 11.1. The van der Waals surface area contributed by atoms with Gasteiger partial charge in [-0.15, -0.1) is 0 Å². The lowest BCUT2D eigenvalue weighted by Crippen LogP contribution is -2.38. The van der Waals surface area contributed by atoms with Crippen LogP contribution < -0.4 is 10.1 Å². The first kappa shape index (κ1) is 9.97. The maximum Gasteiger partial charge on any atom is 0.240 e. The van der Waals surface area contributed by atoms with E-state index in [-0.39, 0.29) is 5.75 Å². The minimum Gasteiger partial charge on any atom is -0.323 e. The van der Waals surface area contributed by atoms with E-state index in [9.17, 15) is 8.42 Å². The highest BCUT2D eigenvalue weighted by molar-refractivity contribution is 7.93. The molecule has 0 unspecified atom stereocenters. The molecule has 6 heteroatoms. The topological polar surface area (TPSA) is 75.8 Å². The van der Waals surface area contributed by atoms with E-state index in [0.29, 0.717) is 11.4 Å². The van der Waals surface area contributed by atoms with E-state index in [1.165, 1.54) is 11.4 Å². The Morgan fingerprint density at radius 2 is 2.07 bits per heavy atom. The summed E-state index contributed by atoms with van der Waals surface area (Å²) in [6.45, 7) is 0. The first-order chi connectivity index (χ1) is 7.06. The summed E-state index contributed by atoms with van der Waals surface area (Å²) < 4.78 is 24.7.